The van der Waals surface area contributed by atoms with Gasteiger partial charge in [-0.15, -0.1) is 0 Å². The van der Waals surface area contributed by atoms with Crippen molar-refractivity contribution in [3.05, 3.63) is 23.3 Å². The first-order valence-electron chi connectivity index (χ1n) is 14.9. The van der Waals surface area contributed by atoms with E-state index in [0.29, 0.717) is 13.0 Å². The third-order valence-corrected chi connectivity index (χ3v) is 10.8. The number of hydrogen-bond acceptors (Lipinski definition) is 7. The molecule has 1 aromatic rings. The van der Waals surface area contributed by atoms with Crippen LogP contribution in [0.2, 0.25) is 0 Å². The highest BCUT2D eigenvalue weighted by Gasteiger charge is 2.76. The van der Waals surface area contributed by atoms with Crippen molar-refractivity contribution in [3.63, 3.8) is 0 Å². The van der Waals surface area contributed by atoms with Crippen LogP contribution in [0.4, 0.5) is 0 Å². The Labute approximate surface area is 226 Å². The lowest BCUT2D eigenvalue weighted by molar-refractivity contribution is -0.217. The van der Waals surface area contributed by atoms with Gasteiger partial charge in [-0.3, -0.25) is 14.6 Å². The maximum atomic E-state index is 12.9. The summed E-state index contributed by atoms with van der Waals surface area (Å²) >= 11 is 0. The minimum Gasteiger partial charge on any atom is -0.493 e. The van der Waals surface area contributed by atoms with Gasteiger partial charge in [0.05, 0.1) is 30.1 Å². The number of fused-ring (bicyclic) bond motifs is 1. The Bertz CT molecular complexity index is 1140. The third kappa shape index (κ3) is 3.40. The lowest BCUT2D eigenvalue weighted by Crippen LogP contribution is -2.80. The van der Waals surface area contributed by atoms with E-state index in [9.17, 15) is 9.90 Å². The monoisotopic (exact) mass is 524 g/mol. The molecule has 0 aromatic heterocycles. The highest BCUT2D eigenvalue weighted by Crippen LogP contribution is 2.69. The number of methoxy groups -OCH3 is 1. The van der Waals surface area contributed by atoms with Crippen molar-refractivity contribution in [1.82, 2.24) is 9.80 Å². The van der Waals surface area contributed by atoms with Gasteiger partial charge in [-0.05, 0) is 103 Å². The summed E-state index contributed by atoms with van der Waals surface area (Å²) in [5.74, 6) is 2.30. The normalized spacial score (nSPS) is 37.7. The number of rotatable bonds is 6. The first-order chi connectivity index (χ1) is 18.1. The van der Waals surface area contributed by atoms with Crippen LogP contribution < -0.4 is 9.47 Å². The van der Waals surface area contributed by atoms with Crippen molar-refractivity contribution < 1.29 is 24.1 Å². The lowest BCUT2D eigenvalue weighted by atomic mass is 9.45. The fourth-order valence-corrected chi connectivity index (χ4v) is 9.23. The van der Waals surface area contributed by atoms with Gasteiger partial charge in [0.25, 0.3) is 0 Å². The molecule has 3 aliphatic heterocycles. The van der Waals surface area contributed by atoms with Crippen molar-refractivity contribution in [3.8, 4) is 11.5 Å². The zero-order chi connectivity index (χ0) is 26.5. The molecule has 5 atom stereocenters. The minimum absolute atomic E-state index is 0.128. The first kappa shape index (κ1) is 25.2. The SMILES string of the molecule is COc1ccc2c3c1O[C@H]1[C@@]4(CCCN4CCC(=O)OC(C)(C)C)CC[C@@]4(O)[C@@H](C2)N(CC2CC2)CC[C@]314. The van der Waals surface area contributed by atoms with Gasteiger partial charge >= 0.3 is 5.97 Å². The summed E-state index contributed by atoms with van der Waals surface area (Å²) in [6.07, 6.45) is 8.45. The first-order valence-corrected chi connectivity index (χ1v) is 14.9. The van der Waals surface area contributed by atoms with Crippen molar-refractivity contribution in [2.24, 2.45) is 5.92 Å². The predicted octanol–water partition coefficient (Wildman–Crippen LogP) is 3.83. The molecule has 7 heteroatoms. The second kappa shape index (κ2) is 8.34. The van der Waals surface area contributed by atoms with Crippen molar-refractivity contribution >= 4 is 5.97 Å². The molecule has 38 heavy (non-hydrogen) atoms. The number of nitrogens with zero attached hydrogens (tertiary/aromatic N) is 2. The van der Waals surface area contributed by atoms with E-state index in [0.717, 1.165) is 75.6 Å². The molecular weight excluding hydrogens is 480 g/mol. The van der Waals surface area contributed by atoms with E-state index < -0.39 is 16.6 Å². The third-order valence-electron chi connectivity index (χ3n) is 10.8. The Morgan fingerprint density at radius 2 is 1.97 bits per heavy atom. The van der Waals surface area contributed by atoms with Gasteiger partial charge < -0.3 is 19.3 Å². The van der Waals surface area contributed by atoms with Crippen LogP contribution in [0.25, 0.3) is 0 Å². The van der Waals surface area contributed by atoms with Crippen LogP contribution in [0.5, 0.6) is 11.5 Å². The smallest absolute Gasteiger partial charge is 0.307 e. The summed E-state index contributed by atoms with van der Waals surface area (Å²) in [5, 5.41) is 12.9. The second-order valence-corrected chi connectivity index (χ2v) is 14.0. The van der Waals surface area contributed by atoms with Gasteiger partial charge in [0.1, 0.15) is 11.7 Å². The number of carbonyl (C=O) groups excluding carboxylic acids is 1. The van der Waals surface area contributed by atoms with Crippen LogP contribution in [0, 0.1) is 5.92 Å². The molecule has 0 unspecified atom stereocenters. The van der Waals surface area contributed by atoms with E-state index in [-0.39, 0.29) is 23.7 Å². The molecule has 1 N–H and O–H groups in total. The number of aliphatic hydroxyl groups is 1. The lowest BCUT2D eigenvalue weighted by Gasteiger charge is -2.67. The predicted molar refractivity (Wildman–Crippen MR) is 144 cm³/mol. The molecule has 2 bridgehead atoms. The molecule has 2 saturated carbocycles. The Kier molecular flexibility index (Phi) is 5.52. The molecule has 1 aromatic carbocycles. The van der Waals surface area contributed by atoms with Gasteiger partial charge in [0.2, 0.25) is 0 Å². The van der Waals surface area contributed by atoms with Crippen LogP contribution in [0.15, 0.2) is 12.1 Å². The quantitative estimate of drug-likeness (QED) is 0.567. The maximum absolute atomic E-state index is 12.9. The highest BCUT2D eigenvalue weighted by molar-refractivity contribution is 5.70. The molecule has 4 fully saturated rings. The molecule has 6 aliphatic rings. The summed E-state index contributed by atoms with van der Waals surface area (Å²) < 4.78 is 18.6. The zero-order valence-electron chi connectivity index (χ0n) is 23.6. The molecule has 3 aliphatic carbocycles. The van der Waals surface area contributed by atoms with E-state index in [1.54, 1.807) is 7.11 Å². The number of ether oxygens (including phenoxy) is 3. The largest absolute Gasteiger partial charge is 0.493 e. The van der Waals surface area contributed by atoms with E-state index in [4.69, 9.17) is 14.2 Å². The average molecular weight is 525 g/mol. The van der Waals surface area contributed by atoms with Crippen LogP contribution in [0.3, 0.4) is 0 Å². The number of carbonyl (C=O) groups is 1. The Morgan fingerprint density at radius 3 is 2.71 bits per heavy atom. The van der Waals surface area contributed by atoms with Gasteiger partial charge in [-0.2, -0.15) is 0 Å². The molecular formula is C31H44N2O5. The molecule has 3 heterocycles. The summed E-state index contributed by atoms with van der Waals surface area (Å²) in [4.78, 5) is 17.8. The highest BCUT2D eigenvalue weighted by atomic mass is 16.6. The van der Waals surface area contributed by atoms with Gasteiger partial charge in [0.15, 0.2) is 11.5 Å². The maximum Gasteiger partial charge on any atom is 0.307 e. The van der Waals surface area contributed by atoms with E-state index in [1.165, 1.54) is 24.0 Å². The average Bonchev–Trinajstić information content (AvgIpc) is 3.46. The standard InChI is InChI=1S/C31H44N2O5/c1-28(2,3)38-24(34)10-16-33-15-5-11-29(33)12-13-31(35)23-18-21-8-9-22(36-4)26-25(21)30(31,27(29)37-26)14-17-32(23)19-20-6-7-20/h8-9,20,23,27,35H,5-7,10-19H2,1-4H3/t23-,27+,29-,30+,31-/m1/s1. The summed E-state index contributed by atoms with van der Waals surface area (Å²) in [5.41, 5.74) is 0.617. The van der Waals surface area contributed by atoms with E-state index >= 15 is 0 Å². The van der Waals surface area contributed by atoms with Gasteiger partial charge in [-0.1, -0.05) is 6.07 Å². The van der Waals surface area contributed by atoms with Crippen molar-refractivity contribution in [1.29, 1.82) is 0 Å². The van der Waals surface area contributed by atoms with Crippen molar-refractivity contribution in [2.45, 2.75) is 113 Å². The van der Waals surface area contributed by atoms with Crippen LogP contribution in [-0.4, -0.2) is 83.1 Å². The van der Waals surface area contributed by atoms with Crippen LogP contribution >= 0.6 is 0 Å². The Balaban J connectivity index is 1.28. The number of benzene rings is 1. The molecule has 7 nitrogen and oxygen atoms in total. The van der Waals surface area contributed by atoms with E-state index in [2.05, 4.69) is 21.9 Å². The van der Waals surface area contributed by atoms with Gasteiger partial charge in [0, 0.05) is 24.7 Å². The zero-order valence-corrected chi connectivity index (χ0v) is 23.6. The molecule has 2 spiro atoms. The molecule has 0 radical (unpaired) electrons. The van der Waals surface area contributed by atoms with E-state index in [1.807, 2.05) is 20.8 Å². The summed E-state index contributed by atoms with van der Waals surface area (Å²) in [6.45, 7) is 9.51. The van der Waals surface area contributed by atoms with Crippen LogP contribution in [0.1, 0.15) is 83.3 Å². The van der Waals surface area contributed by atoms with Crippen LogP contribution in [-0.2, 0) is 21.4 Å². The summed E-state index contributed by atoms with van der Waals surface area (Å²) in [6, 6.07) is 4.42. The fraction of sp³-hybridized carbons (Fsp3) is 0.774. The molecule has 208 valence electrons. The number of hydrogen-bond donors (Lipinski definition) is 1. The fourth-order valence-electron chi connectivity index (χ4n) is 9.23. The number of piperidine rings is 1. The van der Waals surface area contributed by atoms with Gasteiger partial charge in [-0.25, -0.2) is 0 Å². The molecule has 0 amide bonds. The minimum atomic E-state index is -0.819. The number of esters is 1. The summed E-state index contributed by atoms with van der Waals surface area (Å²) in [7, 11) is 1.72. The van der Waals surface area contributed by atoms with Crippen molar-refractivity contribution in [2.75, 3.05) is 33.3 Å². The topological polar surface area (TPSA) is 71.5 Å². The number of likely N-dealkylation sites (tertiary alicyclic amines) is 2. The Hall–Kier alpha value is -1.83. The second-order valence-electron chi connectivity index (χ2n) is 14.0. The Morgan fingerprint density at radius 1 is 1.16 bits per heavy atom. The molecule has 7 rings (SSSR count). The molecule has 2 saturated heterocycles.